The third kappa shape index (κ3) is 3.71. The Kier molecular flexibility index (Phi) is 5.03. The van der Waals surface area contributed by atoms with Crippen molar-refractivity contribution in [3.8, 4) is 11.5 Å². The lowest BCUT2D eigenvalue weighted by Crippen LogP contribution is -2.28. The molecule has 0 atom stereocenters. The van der Waals surface area contributed by atoms with Crippen LogP contribution in [-0.2, 0) is 0 Å². The van der Waals surface area contributed by atoms with Gasteiger partial charge in [-0.15, -0.1) is 0 Å². The van der Waals surface area contributed by atoms with E-state index in [0.29, 0.717) is 28.3 Å². The molecule has 148 valence electrons. The summed E-state index contributed by atoms with van der Waals surface area (Å²) in [5, 5.41) is 2.75. The first-order chi connectivity index (χ1) is 14.0. The predicted molar refractivity (Wildman–Crippen MR) is 109 cm³/mol. The summed E-state index contributed by atoms with van der Waals surface area (Å²) in [5.41, 5.74) is 1.71. The van der Waals surface area contributed by atoms with Crippen molar-refractivity contribution in [1.29, 1.82) is 0 Å². The summed E-state index contributed by atoms with van der Waals surface area (Å²) in [6.45, 7) is 3.31. The number of rotatable bonds is 4. The number of aromatic nitrogens is 1. The van der Waals surface area contributed by atoms with Crippen molar-refractivity contribution in [1.82, 2.24) is 9.88 Å². The Morgan fingerprint density at radius 3 is 2.52 bits per heavy atom. The fraction of sp³-hybridized carbons (Fsp3) is 0.227. The number of carbonyl (C=O) groups excluding carboxylic acids is 2. The minimum atomic E-state index is -0.536. The lowest BCUT2D eigenvalue weighted by molar-refractivity contribution is 0.0791. The van der Waals surface area contributed by atoms with E-state index in [0.717, 1.165) is 25.9 Å². The molecule has 3 aromatic rings. The van der Waals surface area contributed by atoms with Crippen molar-refractivity contribution in [3.05, 3.63) is 75.8 Å². The number of H-pyrrole nitrogens is 1. The SMILES string of the molecule is Cc1c(NC(=O)c2ccc(-c3ccco3)[nH]c2=O)cccc1C(=O)N1CCCC1. The second-order valence-corrected chi connectivity index (χ2v) is 7.02. The molecule has 7 heteroatoms. The molecular weight excluding hydrogens is 370 g/mol. The number of anilines is 1. The van der Waals surface area contributed by atoms with Crippen LogP contribution < -0.4 is 10.9 Å². The Labute approximate surface area is 167 Å². The van der Waals surface area contributed by atoms with E-state index < -0.39 is 11.5 Å². The van der Waals surface area contributed by atoms with Crippen LogP contribution in [0.4, 0.5) is 5.69 Å². The number of hydrogen-bond acceptors (Lipinski definition) is 4. The summed E-state index contributed by atoms with van der Waals surface area (Å²) in [5.74, 6) is -0.0547. The highest BCUT2D eigenvalue weighted by molar-refractivity contribution is 6.06. The number of pyridine rings is 1. The van der Waals surface area contributed by atoms with Gasteiger partial charge in [0, 0.05) is 24.3 Å². The van der Waals surface area contributed by atoms with E-state index in [2.05, 4.69) is 10.3 Å². The van der Waals surface area contributed by atoms with Crippen molar-refractivity contribution in [2.75, 3.05) is 18.4 Å². The van der Waals surface area contributed by atoms with Crippen molar-refractivity contribution in [2.45, 2.75) is 19.8 Å². The molecule has 4 rings (SSSR count). The number of nitrogens with zero attached hydrogens (tertiary/aromatic N) is 1. The summed E-state index contributed by atoms with van der Waals surface area (Å²) in [6.07, 6.45) is 3.53. The Morgan fingerprint density at radius 1 is 1.03 bits per heavy atom. The summed E-state index contributed by atoms with van der Waals surface area (Å²) in [4.78, 5) is 42.3. The van der Waals surface area contributed by atoms with Crippen molar-refractivity contribution >= 4 is 17.5 Å². The average molecular weight is 391 g/mol. The largest absolute Gasteiger partial charge is 0.463 e. The van der Waals surface area contributed by atoms with Crippen LogP contribution in [0, 0.1) is 6.92 Å². The summed E-state index contributed by atoms with van der Waals surface area (Å²) < 4.78 is 5.26. The third-order valence-electron chi connectivity index (χ3n) is 5.15. The van der Waals surface area contributed by atoms with Crippen LogP contribution in [0.5, 0.6) is 0 Å². The minimum absolute atomic E-state index is 0.0176. The first-order valence-electron chi connectivity index (χ1n) is 9.52. The van der Waals surface area contributed by atoms with Crippen molar-refractivity contribution < 1.29 is 14.0 Å². The van der Waals surface area contributed by atoms with Crippen molar-refractivity contribution in [2.24, 2.45) is 0 Å². The van der Waals surface area contributed by atoms with Gasteiger partial charge in [-0.1, -0.05) is 6.07 Å². The normalized spacial score (nSPS) is 13.5. The molecule has 1 aliphatic heterocycles. The van der Waals surface area contributed by atoms with Gasteiger partial charge in [0.25, 0.3) is 17.4 Å². The van der Waals surface area contributed by atoms with Crippen molar-refractivity contribution in [3.63, 3.8) is 0 Å². The fourth-order valence-electron chi connectivity index (χ4n) is 3.51. The van der Waals surface area contributed by atoms with Crippen LogP contribution >= 0.6 is 0 Å². The molecular formula is C22H21N3O4. The molecule has 2 amide bonds. The minimum Gasteiger partial charge on any atom is -0.463 e. The molecule has 0 unspecified atom stereocenters. The standard InChI is InChI=1S/C22H21N3O4/c1-14-15(22(28)25-11-2-3-12-25)6-4-7-17(14)23-20(26)16-9-10-18(24-21(16)27)19-8-5-13-29-19/h4-10,13H,2-3,11-12H2,1H3,(H,23,26)(H,24,27). The van der Waals surface area contributed by atoms with Gasteiger partial charge >= 0.3 is 0 Å². The fourth-order valence-corrected chi connectivity index (χ4v) is 3.51. The van der Waals surface area contributed by atoms with Gasteiger partial charge in [-0.2, -0.15) is 0 Å². The van der Waals surface area contributed by atoms with Crippen LogP contribution in [0.15, 0.2) is 57.9 Å². The van der Waals surface area contributed by atoms with Gasteiger partial charge in [0.05, 0.1) is 12.0 Å². The van der Waals surface area contributed by atoms with E-state index in [1.165, 1.54) is 12.3 Å². The molecule has 0 bridgehead atoms. The Balaban J connectivity index is 1.56. The van der Waals surface area contributed by atoms with Crippen LogP contribution in [0.2, 0.25) is 0 Å². The maximum Gasteiger partial charge on any atom is 0.261 e. The molecule has 1 aromatic carbocycles. The van der Waals surface area contributed by atoms with E-state index in [-0.39, 0.29) is 11.5 Å². The maximum atomic E-state index is 12.7. The highest BCUT2D eigenvalue weighted by atomic mass is 16.3. The second-order valence-electron chi connectivity index (χ2n) is 7.02. The number of furan rings is 1. The van der Waals surface area contributed by atoms with E-state index in [4.69, 9.17) is 4.42 Å². The van der Waals surface area contributed by atoms with Gasteiger partial charge < -0.3 is 19.6 Å². The number of carbonyl (C=O) groups is 2. The molecule has 0 aliphatic carbocycles. The Bertz CT molecular complexity index is 1110. The predicted octanol–water partition coefficient (Wildman–Crippen LogP) is 3.43. The smallest absolute Gasteiger partial charge is 0.261 e. The van der Waals surface area contributed by atoms with Gasteiger partial charge in [-0.05, 0) is 61.7 Å². The second kappa shape index (κ2) is 7.79. The first-order valence-corrected chi connectivity index (χ1v) is 9.52. The quantitative estimate of drug-likeness (QED) is 0.712. The van der Waals surface area contributed by atoms with Gasteiger partial charge in [-0.25, -0.2) is 0 Å². The zero-order chi connectivity index (χ0) is 20.4. The summed E-state index contributed by atoms with van der Waals surface area (Å²) >= 11 is 0. The molecule has 0 spiro atoms. The molecule has 1 aliphatic rings. The lowest BCUT2D eigenvalue weighted by Gasteiger charge is -2.18. The lowest BCUT2D eigenvalue weighted by atomic mass is 10.0. The zero-order valence-corrected chi connectivity index (χ0v) is 16.0. The molecule has 3 heterocycles. The Morgan fingerprint density at radius 2 is 1.83 bits per heavy atom. The monoisotopic (exact) mass is 391 g/mol. The van der Waals surface area contributed by atoms with Gasteiger partial charge in [0.2, 0.25) is 0 Å². The molecule has 0 saturated carbocycles. The highest BCUT2D eigenvalue weighted by Crippen LogP contribution is 2.23. The molecule has 0 radical (unpaired) electrons. The number of likely N-dealkylation sites (tertiary alicyclic amines) is 1. The molecule has 29 heavy (non-hydrogen) atoms. The summed E-state index contributed by atoms with van der Waals surface area (Å²) in [6, 6.07) is 11.7. The zero-order valence-electron chi connectivity index (χ0n) is 16.0. The topological polar surface area (TPSA) is 95.4 Å². The van der Waals surface area contributed by atoms with E-state index >= 15 is 0 Å². The number of amides is 2. The molecule has 1 saturated heterocycles. The molecule has 2 N–H and O–H groups in total. The number of hydrogen-bond donors (Lipinski definition) is 2. The molecule has 7 nitrogen and oxygen atoms in total. The van der Waals surface area contributed by atoms with E-state index in [1.807, 2.05) is 4.90 Å². The van der Waals surface area contributed by atoms with E-state index in [1.54, 1.807) is 43.3 Å². The molecule has 1 fully saturated rings. The number of aromatic amines is 1. The van der Waals surface area contributed by atoms with Crippen LogP contribution in [-0.4, -0.2) is 34.8 Å². The maximum absolute atomic E-state index is 12.7. The first kappa shape index (κ1) is 18.7. The van der Waals surface area contributed by atoms with Crippen LogP contribution in [0.1, 0.15) is 39.1 Å². The summed E-state index contributed by atoms with van der Waals surface area (Å²) in [7, 11) is 0. The van der Waals surface area contributed by atoms with Crippen LogP contribution in [0.25, 0.3) is 11.5 Å². The van der Waals surface area contributed by atoms with Gasteiger partial charge in [-0.3, -0.25) is 14.4 Å². The number of nitrogens with one attached hydrogen (secondary N) is 2. The highest BCUT2D eigenvalue weighted by Gasteiger charge is 2.22. The Hall–Kier alpha value is -3.61. The van der Waals surface area contributed by atoms with Gasteiger partial charge in [0.15, 0.2) is 0 Å². The van der Waals surface area contributed by atoms with Gasteiger partial charge in [0.1, 0.15) is 11.3 Å². The van der Waals surface area contributed by atoms with Crippen LogP contribution in [0.3, 0.4) is 0 Å². The number of benzene rings is 1. The average Bonchev–Trinajstić information content (AvgIpc) is 3.43. The van der Waals surface area contributed by atoms with E-state index in [9.17, 15) is 14.4 Å². The molecule has 2 aromatic heterocycles. The third-order valence-corrected chi connectivity index (χ3v) is 5.15.